The zero-order valence-corrected chi connectivity index (χ0v) is 18.3. The molecule has 0 aliphatic heterocycles. The Morgan fingerprint density at radius 1 is 1.46 bits per heavy atom. The van der Waals surface area contributed by atoms with Crippen LogP contribution in [0.4, 0.5) is 4.79 Å². The summed E-state index contributed by atoms with van der Waals surface area (Å²) in [6, 6.07) is 0. The highest BCUT2D eigenvalue weighted by Crippen LogP contribution is 2.45. The van der Waals surface area contributed by atoms with Crippen LogP contribution in [0.25, 0.3) is 0 Å². The third-order valence-corrected chi connectivity index (χ3v) is 5.34. The summed E-state index contributed by atoms with van der Waals surface area (Å²) < 4.78 is 5.52. The van der Waals surface area contributed by atoms with Gasteiger partial charge in [-0.05, 0) is 65.2 Å². The van der Waals surface area contributed by atoms with E-state index in [1.54, 1.807) is 4.90 Å². The number of Topliss-reactive ketones (excluding diaryl/α,β-unsaturated/α-hetero) is 1. The summed E-state index contributed by atoms with van der Waals surface area (Å²) in [4.78, 5) is 27.1. The molecule has 1 amide bonds. The van der Waals surface area contributed by atoms with E-state index in [1.807, 2.05) is 45.9 Å². The summed E-state index contributed by atoms with van der Waals surface area (Å²) in [5, 5.41) is 0. The van der Waals surface area contributed by atoms with Crippen LogP contribution in [0.2, 0.25) is 0 Å². The smallest absolute Gasteiger partial charge is 0.410 e. The van der Waals surface area contributed by atoms with Crippen LogP contribution in [0.5, 0.6) is 0 Å². The maximum absolute atomic E-state index is 12.9. The highest BCUT2D eigenvalue weighted by atomic mass is 16.6. The van der Waals surface area contributed by atoms with Crippen molar-refractivity contribution >= 4 is 11.9 Å². The lowest BCUT2D eigenvalue weighted by molar-refractivity contribution is -0.133. The molecular weight excluding hydrogens is 350 g/mol. The van der Waals surface area contributed by atoms with Crippen LogP contribution < -0.4 is 0 Å². The lowest BCUT2D eigenvalue weighted by Crippen LogP contribution is -2.44. The zero-order valence-electron chi connectivity index (χ0n) is 18.3. The fourth-order valence-electron chi connectivity index (χ4n) is 3.97. The lowest BCUT2D eigenvalue weighted by atomic mass is 9.60. The summed E-state index contributed by atoms with van der Waals surface area (Å²) in [5.41, 5.74) is -1.29. The minimum atomic E-state index is -0.749. The van der Waals surface area contributed by atoms with Crippen molar-refractivity contribution in [2.75, 3.05) is 13.1 Å². The molecule has 1 aliphatic rings. The standard InChI is InChI=1S/C24H37NO3/c1-8-11-15-25(22(27)28-23(5,6)7)16-12-14-24(10-3)20(13-9-2)17-19(4)18-21(24)26/h3,8-9,11,19-20H,2,12-18H2,1,4-7H3/t19?,20-,24+/m1/s1. The van der Waals surface area contributed by atoms with Gasteiger partial charge in [0.2, 0.25) is 0 Å². The Bertz CT molecular complexity index is 623. The largest absolute Gasteiger partial charge is 0.444 e. The molecule has 0 saturated heterocycles. The van der Waals surface area contributed by atoms with E-state index in [1.165, 1.54) is 0 Å². The lowest BCUT2D eigenvalue weighted by Gasteiger charge is -2.41. The third kappa shape index (κ3) is 6.55. The van der Waals surface area contributed by atoms with Crippen molar-refractivity contribution < 1.29 is 14.3 Å². The maximum Gasteiger partial charge on any atom is 0.410 e. The number of hydrogen-bond donors (Lipinski definition) is 0. The molecule has 0 aromatic heterocycles. The van der Waals surface area contributed by atoms with Gasteiger partial charge in [-0.3, -0.25) is 4.79 Å². The predicted molar refractivity (Wildman–Crippen MR) is 115 cm³/mol. The van der Waals surface area contributed by atoms with Crippen molar-refractivity contribution in [2.45, 2.75) is 72.3 Å². The number of ether oxygens (including phenoxy) is 1. The number of nitrogens with zero attached hydrogens (tertiary/aromatic N) is 1. The molecule has 0 N–H and O–H groups in total. The first kappa shape index (κ1) is 24.0. The molecule has 0 radical (unpaired) electrons. The first-order chi connectivity index (χ1) is 13.1. The molecule has 1 saturated carbocycles. The average Bonchev–Trinajstić information content (AvgIpc) is 2.58. The third-order valence-electron chi connectivity index (χ3n) is 5.34. The van der Waals surface area contributed by atoms with Crippen LogP contribution in [0.3, 0.4) is 0 Å². The number of ketones is 1. The molecule has 156 valence electrons. The molecule has 1 fully saturated rings. The van der Waals surface area contributed by atoms with Gasteiger partial charge in [-0.15, -0.1) is 13.0 Å². The quantitative estimate of drug-likeness (QED) is 0.414. The van der Waals surface area contributed by atoms with Crippen LogP contribution in [-0.4, -0.2) is 35.5 Å². The summed E-state index contributed by atoms with van der Waals surface area (Å²) >= 11 is 0. The minimum Gasteiger partial charge on any atom is -0.444 e. The molecule has 1 rings (SSSR count). The van der Waals surface area contributed by atoms with Crippen molar-refractivity contribution in [3.8, 4) is 12.3 Å². The second kappa shape index (κ2) is 10.5. The Morgan fingerprint density at radius 2 is 2.14 bits per heavy atom. The van der Waals surface area contributed by atoms with E-state index >= 15 is 0 Å². The summed E-state index contributed by atoms with van der Waals surface area (Å²) in [5.74, 6) is 3.50. The topological polar surface area (TPSA) is 46.6 Å². The van der Waals surface area contributed by atoms with Crippen molar-refractivity contribution in [3.63, 3.8) is 0 Å². The monoisotopic (exact) mass is 387 g/mol. The van der Waals surface area contributed by atoms with Crippen LogP contribution >= 0.6 is 0 Å². The first-order valence-corrected chi connectivity index (χ1v) is 10.3. The van der Waals surface area contributed by atoms with E-state index in [0.29, 0.717) is 38.3 Å². The molecule has 4 nitrogen and oxygen atoms in total. The summed E-state index contributed by atoms with van der Waals surface area (Å²) in [6.45, 7) is 14.4. The van der Waals surface area contributed by atoms with Gasteiger partial charge in [-0.25, -0.2) is 4.79 Å². The van der Waals surface area contributed by atoms with E-state index in [2.05, 4.69) is 19.4 Å². The summed E-state index contributed by atoms with van der Waals surface area (Å²) in [6.07, 6.45) is 14.7. The van der Waals surface area contributed by atoms with Crippen LogP contribution in [-0.2, 0) is 9.53 Å². The van der Waals surface area contributed by atoms with E-state index < -0.39 is 11.0 Å². The highest BCUT2D eigenvalue weighted by Gasteiger charge is 2.46. The Kier molecular flexibility index (Phi) is 9.01. The number of carbonyl (C=O) groups is 2. The number of allylic oxidation sites excluding steroid dienone is 2. The Hall–Kier alpha value is -2.02. The predicted octanol–water partition coefficient (Wildman–Crippen LogP) is 5.39. The molecule has 0 spiro atoms. The molecule has 0 heterocycles. The first-order valence-electron chi connectivity index (χ1n) is 10.3. The van der Waals surface area contributed by atoms with Gasteiger partial charge < -0.3 is 9.64 Å². The molecule has 1 aliphatic carbocycles. The Labute approximate surface area is 171 Å². The van der Waals surface area contributed by atoms with Gasteiger partial charge in [-0.2, -0.15) is 0 Å². The van der Waals surface area contributed by atoms with Crippen molar-refractivity contribution in [1.29, 1.82) is 0 Å². The van der Waals surface area contributed by atoms with Crippen molar-refractivity contribution in [2.24, 2.45) is 17.3 Å². The summed E-state index contributed by atoms with van der Waals surface area (Å²) in [7, 11) is 0. The van der Waals surface area contributed by atoms with Crippen molar-refractivity contribution in [1.82, 2.24) is 4.90 Å². The SMILES string of the molecule is C#C[C@@]1(CCCN(CC=CC)C(=O)OC(C)(C)C)C(=O)CC(C)C[C@H]1CC=C. The van der Waals surface area contributed by atoms with Crippen LogP contribution in [0.1, 0.15) is 66.7 Å². The number of rotatable bonds is 8. The second-order valence-corrected chi connectivity index (χ2v) is 8.90. The number of terminal acetylenes is 1. The molecule has 0 aromatic carbocycles. The van der Waals surface area contributed by atoms with Crippen LogP contribution in [0, 0.1) is 29.6 Å². The normalized spacial score (nSPS) is 25.4. The van der Waals surface area contributed by atoms with E-state index in [4.69, 9.17) is 11.2 Å². The van der Waals surface area contributed by atoms with Gasteiger partial charge in [0.05, 0.1) is 5.41 Å². The maximum atomic E-state index is 12.9. The second-order valence-electron chi connectivity index (χ2n) is 8.90. The minimum absolute atomic E-state index is 0.122. The molecule has 28 heavy (non-hydrogen) atoms. The average molecular weight is 388 g/mol. The van der Waals surface area contributed by atoms with Crippen molar-refractivity contribution in [3.05, 3.63) is 24.8 Å². The number of carbonyl (C=O) groups excluding carboxylic acids is 2. The molecular formula is C24H37NO3. The van der Waals surface area contributed by atoms with Gasteiger partial charge in [0.15, 0.2) is 5.78 Å². The van der Waals surface area contributed by atoms with Gasteiger partial charge in [0.1, 0.15) is 5.60 Å². The molecule has 0 bridgehead atoms. The number of amides is 1. The van der Waals surface area contributed by atoms with E-state index in [-0.39, 0.29) is 17.8 Å². The van der Waals surface area contributed by atoms with Gasteiger partial charge >= 0.3 is 6.09 Å². The van der Waals surface area contributed by atoms with E-state index in [9.17, 15) is 9.59 Å². The van der Waals surface area contributed by atoms with Gasteiger partial charge in [-0.1, -0.05) is 31.1 Å². The Morgan fingerprint density at radius 3 is 2.68 bits per heavy atom. The van der Waals surface area contributed by atoms with E-state index in [0.717, 1.165) is 12.8 Å². The molecule has 4 heteroatoms. The van der Waals surface area contributed by atoms with Crippen LogP contribution in [0.15, 0.2) is 24.8 Å². The van der Waals surface area contributed by atoms with Gasteiger partial charge in [0.25, 0.3) is 0 Å². The fraction of sp³-hybridized carbons (Fsp3) is 0.667. The Balaban J connectivity index is 2.88. The molecule has 0 aromatic rings. The number of hydrogen-bond acceptors (Lipinski definition) is 3. The molecule has 3 atom stereocenters. The zero-order chi connectivity index (χ0) is 21.4. The molecule has 1 unspecified atom stereocenters. The highest BCUT2D eigenvalue weighted by molar-refractivity contribution is 5.89. The fourth-order valence-corrected chi connectivity index (χ4v) is 3.97. The van der Waals surface area contributed by atoms with Gasteiger partial charge in [0, 0.05) is 19.5 Å².